The number of rotatable bonds is 4. The summed E-state index contributed by atoms with van der Waals surface area (Å²) in [5, 5.41) is 9.44. The summed E-state index contributed by atoms with van der Waals surface area (Å²) in [7, 11) is 0. The van der Waals surface area contributed by atoms with Crippen LogP contribution in [0.5, 0.6) is 0 Å². The van der Waals surface area contributed by atoms with Crippen molar-refractivity contribution in [3.63, 3.8) is 0 Å². The van der Waals surface area contributed by atoms with Gasteiger partial charge in [0.15, 0.2) is 0 Å². The smallest absolute Gasteiger partial charge is 0.135 e. The molecule has 0 bridgehead atoms. The van der Waals surface area contributed by atoms with Gasteiger partial charge < -0.3 is 9.67 Å². The van der Waals surface area contributed by atoms with Crippen LogP contribution in [0.1, 0.15) is 37.2 Å². The van der Waals surface area contributed by atoms with E-state index in [1.165, 1.54) is 11.1 Å². The first-order chi connectivity index (χ1) is 8.52. The maximum Gasteiger partial charge on any atom is 0.135 e. The van der Waals surface area contributed by atoms with Crippen molar-refractivity contribution in [3.8, 4) is 0 Å². The molecule has 1 N–H and O–H groups in total. The van der Waals surface area contributed by atoms with Crippen molar-refractivity contribution in [1.82, 2.24) is 9.55 Å². The van der Waals surface area contributed by atoms with E-state index >= 15 is 0 Å². The summed E-state index contributed by atoms with van der Waals surface area (Å²) in [6.45, 7) is 9.57. The van der Waals surface area contributed by atoms with Gasteiger partial charge in [-0.3, -0.25) is 0 Å². The predicted octanol–water partition coefficient (Wildman–Crippen LogP) is 3.19. The van der Waals surface area contributed by atoms with Crippen LogP contribution in [-0.4, -0.2) is 14.7 Å². The lowest BCUT2D eigenvalue weighted by Gasteiger charge is -2.10. The summed E-state index contributed by atoms with van der Waals surface area (Å²) in [4.78, 5) is 4.52. The Morgan fingerprint density at radius 3 is 2.50 bits per heavy atom. The molecule has 1 heterocycles. The Bertz CT molecular complexity index is 555. The zero-order valence-electron chi connectivity index (χ0n) is 11.7. The highest BCUT2D eigenvalue weighted by atomic mass is 16.3. The van der Waals surface area contributed by atoms with Crippen LogP contribution < -0.4 is 0 Å². The Hall–Kier alpha value is -1.35. The molecular formula is C15H22N2O. The van der Waals surface area contributed by atoms with Gasteiger partial charge in [-0.05, 0) is 49.4 Å². The standard InChI is InChI=1S/C15H22N2O/c1-10(2)5-6-17-14-8-12(4)11(3)7-13(14)16-15(17)9-18/h7-8,10,18H,5-6,9H2,1-4H3. The molecule has 0 aliphatic carbocycles. The fourth-order valence-electron chi connectivity index (χ4n) is 2.19. The molecule has 0 unspecified atom stereocenters. The largest absolute Gasteiger partial charge is 0.388 e. The third kappa shape index (κ3) is 2.41. The normalized spacial score (nSPS) is 11.7. The molecule has 1 aromatic heterocycles. The number of aryl methyl sites for hydroxylation is 3. The Morgan fingerprint density at radius 2 is 1.89 bits per heavy atom. The molecule has 0 radical (unpaired) electrons. The number of aliphatic hydroxyl groups is 1. The topological polar surface area (TPSA) is 38.1 Å². The van der Waals surface area contributed by atoms with Crippen molar-refractivity contribution in [2.75, 3.05) is 0 Å². The molecule has 0 saturated carbocycles. The number of benzene rings is 1. The monoisotopic (exact) mass is 246 g/mol. The lowest BCUT2D eigenvalue weighted by Crippen LogP contribution is -2.06. The van der Waals surface area contributed by atoms with Gasteiger partial charge in [0.2, 0.25) is 0 Å². The molecule has 3 nitrogen and oxygen atoms in total. The highest BCUT2D eigenvalue weighted by Crippen LogP contribution is 2.22. The van der Waals surface area contributed by atoms with Crippen LogP contribution >= 0.6 is 0 Å². The lowest BCUT2D eigenvalue weighted by atomic mass is 10.1. The van der Waals surface area contributed by atoms with Crippen molar-refractivity contribution in [2.45, 2.75) is 47.3 Å². The molecular weight excluding hydrogens is 224 g/mol. The maximum absolute atomic E-state index is 9.44. The number of aliphatic hydroxyl groups excluding tert-OH is 1. The molecule has 0 aliphatic rings. The first-order valence-corrected chi connectivity index (χ1v) is 6.60. The Morgan fingerprint density at radius 1 is 1.22 bits per heavy atom. The second-order valence-electron chi connectivity index (χ2n) is 5.45. The van der Waals surface area contributed by atoms with Gasteiger partial charge in [0.1, 0.15) is 12.4 Å². The van der Waals surface area contributed by atoms with Gasteiger partial charge in [0.25, 0.3) is 0 Å². The number of aromatic nitrogens is 2. The van der Waals surface area contributed by atoms with E-state index in [0.717, 1.165) is 29.8 Å². The minimum Gasteiger partial charge on any atom is -0.388 e. The minimum atomic E-state index is 0.00483. The average Bonchev–Trinajstić information content (AvgIpc) is 2.64. The second kappa shape index (κ2) is 5.11. The Labute approximate surface area is 108 Å². The van der Waals surface area contributed by atoms with Gasteiger partial charge in [0.05, 0.1) is 11.0 Å². The van der Waals surface area contributed by atoms with E-state index < -0.39 is 0 Å². The maximum atomic E-state index is 9.44. The Kier molecular flexibility index (Phi) is 3.71. The minimum absolute atomic E-state index is 0.00483. The molecule has 2 rings (SSSR count). The number of imidazole rings is 1. The van der Waals surface area contributed by atoms with E-state index in [2.05, 4.69) is 49.4 Å². The van der Waals surface area contributed by atoms with E-state index in [-0.39, 0.29) is 6.61 Å². The summed E-state index contributed by atoms with van der Waals surface area (Å²) in [5.41, 5.74) is 4.66. The quantitative estimate of drug-likeness (QED) is 0.899. The van der Waals surface area contributed by atoms with Gasteiger partial charge in [0, 0.05) is 6.54 Å². The molecule has 0 fully saturated rings. The van der Waals surface area contributed by atoms with Gasteiger partial charge >= 0.3 is 0 Å². The number of hydrogen-bond acceptors (Lipinski definition) is 2. The van der Waals surface area contributed by atoms with Gasteiger partial charge in [-0.1, -0.05) is 13.8 Å². The summed E-state index contributed by atoms with van der Waals surface area (Å²) < 4.78 is 2.15. The Balaban J connectivity index is 2.50. The molecule has 0 aliphatic heterocycles. The van der Waals surface area contributed by atoms with E-state index in [4.69, 9.17) is 0 Å². The summed E-state index contributed by atoms with van der Waals surface area (Å²) in [6.07, 6.45) is 1.10. The second-order valence-corrected chi connectivity index (χ2v) is 5.45. The molecule has 1 aromatic carbocycles. The van der Waals surface area contributed by atoms with E-state index in [1.54, 1.807) is 0 Å². The van der Waals surface area contributed by atoms with E-state index in [9.17, 15) is 5.11 Å². The fourth-order valence-corrected chi connectivity index (χ4v) is 2.19. The SMILES string of the molecule is Cc1cc2nc(CO)n(CCC(C)C)c2cc1C. The molecule has 3 heteroatoms. The molecule has 18 heavy (non-hydrogen) atoms. The molecule has 0 saturated heterocycles. The summed E-state index contributed by atoms with van der Waals surface area (Å²) in [5.74, 6) is 1.43. The van der Waals surface area contributed by atoms with Gasteiger partial charge in [-0.25, -0.2) is 4.98 Å². The van der Waals surface area contributed by atoms with Crippen molar-refractivity contribution in [2.24, 2.45) is 5.92 Å². The molecule has 0 amide bonds. The zero-order chi connectivity index (χ0) is 13.3. The van der Waals surface area contributed by atoms with Crippen molar-refractivity contribution in [3.05, 3.63) is 29.1 Å². The fraction of sp³-hybridized carbons (Fsp3) is 0.533. The zero-order valence-corrected chi connectivity index (χ0v) is 11.7. The van der Waals surface area contributed by atoms with Crippen LogP contribution in [0, 0.1) is 19.8 Å². The van der Waals surface area contributed by atoms with Gasteiger partial charge in [-0.2, -0.15) is 0 Å². The van der Waals surface area contributed by atoms with Crippen LogP contribution in [0.25, 0.3) is 11.0 Å². The number of hydrogen-bond donors (Lipinski definition) is 1. The van der Waals surface area contributed by atoms with Crippen molar-refractivity contribution >= 4 is 11.0 Å². The van der Waals surface area contributed by atoms with Crippen LogP contribution in [0.2, 0.25) is 0 Å². The van der Waals surface area contributed by atoms with Crippen LogP contribution in [0.3, 0.4) is 0 Å². The molecule has 2 aromatic rings. The van der Waals surface area contributed by atoms with Gasteiger partial charge in [-0.15, -0.1) is 0 Å². The van der Waals surface area contributed by atoms with Crippen molar-refractivity contribution < 1.29 is 5.11 Å². The summed E-state index contributed by atoms with van der Waals surface area (Å²) in [6, 6.07) is 4.28. The molecule has 0 spiro atoms. The van der Waals surface area contributed by atoms with Crippen LogP contribution in [0.15, 0.2) is 12.1 Å². The van der Waals surface area contributed by atoms with E-state index in [0.29, 0.717) is 5.92 Å². The first kappa shape index (κ1) is 13.1. The third-order valence-corrected chi connectivity index (χ3v) is 3.51. The molecule has 98 valence electrons. The summed E-state index contributed by atoms with van der Waals surface area (Å²) >= 11 is 0. The number of nitrogens with zero attached hydrogens (tertiary/aromatic N) is 2. The first-order valence-electron chi connectivity index (χ1n) is 6.60. The third-order valence-electron chi connectivity index (χ3n) is 3.51. The van der Waals surface area contributed by atoms with E-state index in [1.807, 2.05) is 0 Å². The molecule has 0 atom stereocenters. The lowest BCUT2D eigenvalue weighted by molar-refractivity contribution is 0.264. The highest BCUT2D eigenvalue weighted by molar-refractivity contribution is 5.78. The highest BCUT2D eigenvalue weighted by Gasteiger charge is 2.11. The van der Waals surface area contributed by atoms with Crippen LogP contribution in [0.4, 0.5) is 0 Å². The van der Waals surface area contributed by atoms with Crippen LogP contribution in [-0.2, 0) is 13.2 Å². The average molecular weight is 246 g/mol. The number of fused-ring (bicyclic) bond motifs is 1. The predicted molar refractivity (Wildman–Crippen MR) is 74.6 cm³/mol. The van der Waals surface area contributed by atoms with Crippen molar-refractivity contribution in [1.29, 1.82) is 0 Å².